The van der Waals surface area contributed by atoms with Crippen molar-refractivity contribution in [2.45, 2.75) is 73.3 Å². The Balaban J connectivity index is 1.75. The predicted octanol–water partition coefficient (Wildman–Crippen LogP) is 5.37. The molecule has 2 rings (SSSR count). The highest BCUT2D eigenvalue weighted by molar-refractivity contribution is 5.92. The first kappa shape index (κ1) is 21.2. The van der Waals surface area contributed by atoms with E-state index in [-0.39, 0.29) is 11.5 Å². The van der Waals surface area contributed by atoms with Gasteiger partial charge in [0.1, 0.15) is 6.10 Å². The summed E-state index contributed by atoms with van der Waals surface area (Å²) in [5.41, 5.74) is 3.22. The van der Waals surface area contributed by atoms with E-state index in [4.69, 9.17) is 4.74 Å². The van der Waals surface area contributed by atoms with E-state index in [1.165, 1.54) is 0 Å². The minimum Gasteiger partial charge on any atom is -0.429 e. The number of carbonyl (C=O) groups excluding carboxylic acids is 2. The van der Waals surface area contributed by atoms with Crippen LogP contribution < -0.4 is 0 Å². The van der Waals surface area contributed by atoms with Crippen molar-refractivity contribution in [3.05, 3.63) is 34.4 Å². The highest BCUT2D eigenvalue weighted by Crippen LogP contribution is 2.38. The summed E-state index contributed by atoms with van der Waals surface area (Å²) in [6, 6.07) is 3.74. The number of hydrogen-bond donors (Lipinski definition) is 0. The van der Waals surface area contributed by atoms with Crippen LogP contribution in [0.3, 0.4) is 0 Å². The first-order valence-corrected chi connectivity index (χ1v) is 9.42. The molecule has 1 aliphatic carbocycles. The van der Waals surface area contributed by atoms with Crippen LogP contribution in [0.15, 0.2) is 12.1 Å². The van der Waals surface area contributed by atoms with Crippen molar-refractivity contribution in [3.8, 4) is 0 Å². The van der Waals surface area contributed by atoms with E-state index < -0.39 is 12.1 Å². The lowest BCUT2D eigenvalue weighted by atomic mass is 9.72. The molecule has 0 N–H and O–H groups in total. The monoisotopic (exact) mass is 378 g/mol. The molecule has 1 saturated carbocycles. The Morgan fingerprint density at radius 1 is 0.926 bits per heavy atom. The molecular weight excluding hydrogens is 348 g/mol. The summed E-state index contributed by atoms with van der Waals surface area (Å²) in [6.45, 7) is 12.2. The van der Waals surface area contributed by atoms with Crippen LogP contribution in [0.2, 0.25) is 0 Å². The van der Waals surface area contributed by atoms with Gasteiger partial charge in [0.2, 0.25) is 0 Å². The van der Waals surface area contributed by atoms with Gasteiger partial charge in [-0.3, -0.25) is 4.89 Å². The lowest BCUT2D eigenvalue weighted by molar-refractivity contribution is -0.453. The summed E-state index contributed by atoms with van der Waals surface area (Å²) >= 11 is 0. The maximum absolute atomic E-state index is 12.1. The largest absolute Gasteiger partial charge is 0.543 e. The van der Waals surface area contributed by atoms with Crippen molar-refractivity contribution in [2.24, 2.45) is 11.3 Å². The molecule has 0 aliphatic heterocycles. The quantitative estimate of drug-likeness (QED) is 0.398. The molecule has 0 saturated heterocycles. The van der Waals surface area contributed by atoms with Gasteiger partial charge in [0.05, 0.1) is 10.6 Å². The van der Waals surface area contributed by atoms with Gasteiger partial charge in [0.15, 0.2) is 0 Å². The van der Waals surface area contributed by atoms with Gasteiger partial charge in [-0.25, -0.2) is 14.5 Å². The molecule has 150 valence electrons. The van der Waals surface area contributed by atoms with Gasteiger partial charge in [0.25, 0.3) is 0 Å². The Morgan fingerprint density at radius 3 is 2.00 bits per heavy atom. The molecule has 0 spiro atoms. The van der Waals surface area contributed by atoms with Crippen LogP contribution in [0.1, 0.15) is 73.5 Å². The predicted molar refractivity (Wildman–Crippen MR) is 99.9 cm³/mol. The molecule has 1 aromatic rings. The lowest BCUT2D eigenvalue weighted by Crippen LogP contribution is -2.30. The zero-order valence-electron chi connectivity index (χ0n) is 17.1. The fourth-order valence-corrected chi connectivity index (χ4v) is 3.82. The van der Waals surface area contributed by atoms with E-state index >= 15 is 0 Å². The van der Waals surface area contributed by atoms with E-state index in [9.17, 15) is 9.59 Å². The summed E-state index contributed by atoms with van der Waals surface area (Å²) in [7, 11) is 0. The molecule has 1 aromatic carbocycles. The minimum atomic E-state index is -1.00. The van der Waals surface area contributed by atoms with E-state index in [2.05, 4.69) is 35.6 Å². The SMILES string of the molecule is Cc1cc(C)c(C(=O)OOOC(=O)OC2CCC(C(C)(C)C)CC2)c(C)c1. The van der Waals surface area contributed by atoms with E-state index in [0.717, 1.165) is 42.4 Å². The van der Waals surface area contributed by atoms with Crippen LogP contribution in [0.5, 0.6) is 0 Å². The normalized spacial score (nSPS) is 20.1. The van der Waals surface area contributed by atoms with Crippen molar-refractivity contribution in [3.63, 3.8) is 0 Å². The summed E-state index contributed by atoms with van der Waals surface area (Å²) in [5.74, 6) is -0.102. The van der Waals surface area contributed by atoms with E-state index in [0.29, 0.717) is 11.5 Å². The van der Waals surface area contributed by atoms with Crippen molar-refractivity contribution in [1.82, 2.24) is 0 Å². The first-order valence-electron chi connectivity index (χ1n) is 9.42. The third kappa shape index (κ3) is 5.96. The first-order chi connectivity index (χ1) is 12.6. The molecule has 0 aromatic heterocycles. The second-order valence-corrected chi connectivity index (χ2v) is 8.50. The highest BCUT2D eigenvalue weighted by atomic mass is 17.5. The van der Waals surface area contributed by atoms with Gasteiger partial charge in [-0.1, -0.05) is 38.5 Å². The average Bonchev–Trinajstić information content (AvgIpc) is 2.53. The molecule has 6 heteroatoms. The Kier molecular flexibility index (Phi) is 6.87. The number of rotatable bonds is 4. The fourth-order valence-electron chi connectivity index (χ4n) is 3.82. The molecule has 6 nitrogen and oxygen atoms in total. The van der Waals surface area contributed by atoms with Crippen molar-refractivity contribution < 1.29 is 29.1 Å². The summed E-state index contributed by atoms with van der Waals surface area (Å²) in [5, 5.41) is 4.34. The van der Waals surface area contributed by atoms with Gasteiger partial charge in [-0.2, -0.15) is 0 Å². The van der Waals surface area contributed by atoms with Crippen LogP contribution in [0.4, 0.5) is 4.79 Å². The molecule has 0 bridgehead atoms. The number of ether oxygens (including phenoxy) is 1. The summed E-state index contributed by atoms with van der Waals surface area (Å²) in [6.07, 6.45) is 2.39. The average molecular weight is 378 g/mol. The van der Waals surface area contributed by atoms with E-state index in [1.807, 2.05) is 19.1 Å². The van der Waals surface area contributed by atoms with Gasteiger partial charge >= 0.3 is 12.1 Å². The zero-order valence-corrected chi connectivity index (χ0v) is 17.1. The molecule has 0 unspecified atom stereocenters. The molecular formula is C21H30O6. The molecule has 1 aliphatic rings. The van der Waals surface area contributed by atoms with Crippen LogP contribution in [-0.2, 0) is 19.6 Å². The Hall–Kier alpha value is -2.08. The van der Waals surface area contributed by atoms with E-state index in [1.54, 1.807) is 13.8 Å². The number of carbonyl (C=O) groups is 2. The highest BCUT2D eigenvalue weighted by Gasteiger charge is 2.31. The molecule has 1 fully saturated rings. The third-order valence-electron chi connectivity index (χ3n) is 5.25. The Bertz CT molecular complexity index is 657. The Labute approximate surface area is 161 Å². The van der Waals surface area contributed by atoms with Crippen molar-refractivity contribution in [2.75, 3.05) is 0 Å². The summed E-state index contributed by atoms with van der Waals surface area (Å²) < 4.78 is 5.23. The van der Waals surface area contributed by atoms with Gasteiger partial charge in [-0.05, 0) is 68.9 Å². The van der Waals surface area contributed by atoms with Gasteiger partial charge in [0, 0.05) is 0 Å². The number of hydrogen-bond acceptors (Lipinski definition) is 6. The van der Waals surface area contributed by atoms with Crippen LogP contribution in [-0.4, -0.2) is 18.2 Å². The summed E-state index contributed by atoms with van der Waals surface area (Å²) in [4.78, 5) is 32.9. The van der Waals surface area contributed by atoms with Crippen molar-refractivity contribution >= 4 is 12.1 Å². The Morgan fingerprint density at radius 2 is 1.48 bits per heavy atom. The number of benzene rings is 1. The maximum Gasteiger partial charge on any atom is 0.543 e. The van der Waals surface area contributed by atoms with Gasteiger partial charge in [-0.15, -0.1) is 0 Å². The smallest absolute Gasteiger partial charge is 0.429 e. The zero-order chi connectivity index (χ0) is 20.2. The topological polar surface area (TPSA) is 71.1 Å². The second-order valence-electron chi connectivity index (χ2n) is 8.50. The number of aryl methyl sites for hydroxylation is 3. The van der Waals surface area contributed by atoms with Gasteiger partial charge < -0.3 is 4.74 Å². The molecule has 0 heterocycles. The van der Waals surface area contributed by atoms with Crippen LogP contribution in [0.25, 0.3) is 0 Å². The van der Waals surface area contributed by atoms with Crippen LogP contribution >= 0.6 is 0 Å². The maximum atomic E-state index is 12.1. The standard InChI is InChI=1S/C21H30O6/c1-13-11-14(2)18(15(3)12-13)19(22)25-27-26-20(23)24-17-9-7-16(8-10-17)21(4,5)6/h11-12,16-17H,7-10H2,1-6H3. The third-order valence-corrected chi connectivity index (χ3v) is 5.25. The minimum absolute atomic E-state index is 0.197. The van der Waals surface area contributed by atoms with Crippen LogP contribution in [0, 0.1) is 32.1 Å². The van der Waals surface area contributed by atoms with Crippen molar-refractivity contribution in [1.29, 1.82) is 0 Å². The molecule has 27 heavy (non-hydrogen) atoms. The second kappa shape index (κ2) is 8.74. The lowest BCUT2D eigenvalue weighted by Gasteiger charge is -2.36. The molecule has 0 atom stereocenters. The fraction of sp³-hybridized carbons (Fsp3) is 0.619. The molecule has 0 amide bonds. The molecule has 0 radical (unpaired) electrons.